The summed E-state index contributed by atoms with van der Waals surface area (Å²) in [7, 11) is 3.14. The fourth-order valence-electron chi connectivity index (χ4n) is 3.67. The van der Waals surface area contributed by atoms with Gasteiger partial charge in [-0.25, -0.2) is 4.98 Å². The van der Waals surface area contributed by atoms with Gasteiger partial charge < -0.3 is 14.8 Å². The molecule has 0 radical (unpaired) electrons. The molecule has 0 fully saturated rings. The van der Waals surface area contributed by atoms with Gasteiger partial charge in [0.25, 0.3) is 5.56 Å². The van der Waals surface area contributed by atoms with E-state index < -0.39 is 6.04 Å². The van der Waals surface area contributed by atoms with Crippen LogP contribution in [0.25, 0.3) is 21.3 Å². The van der Waals surface area contributed by atoms with Gasteiger partial charge in [0.05, 0.1) is 25.9 Å². The van der Waals surface area contributed by atoms with Crippen LogP contribution in [0.4, 0.5) is 5.69 Å². The minimum absolute atomic E-state index is 0.269. The maximum Gasteiger partial charge on any atom is 0.263 e. The Morgan fingerprint density at radius 2 is 1.85 bits per heavy atom. The van der Waals surface area contributed by atoms with Crippen molar-refractivity contribution in [3.8, 4) is 22.6 Å². The number of hydrogen-bond acceptors (Lipinski definition) is 6. The van der Waals surface area contributed by atoms with Gasteiger partial charge in [0.2, 0.25) is 5.91 Å². The van der Waals surface area contributed by atoms with Crippen molar-refractivity contribution >= 4 is 33.1 Å². The molecule has 2 aromatic heterocycles. The van der Waals surface area contributed by atoms with Crippen LogP contribution in [-0.4, -0.2) is 29.7 Å². The topological polar surface area (TPSA) is 82.5 Å². The molecule has 1 unspecified atom stereocenters. The Kier molecular flexibility index (Phi) is 6.20. The first kappa shape index (κ1) is 22.5. The van der Waals surface area contributed by atoms with Gasteiger partial charge in [-0.15, -0.1) is 11.3 Å². The van der Waals surface area contributed by atoms with Crippen molar-refractivity contribution in [3.63, 3.8) is 0 Å². The number of ether oxygens (including phenoxy) is 2. The van der Waals surface area contributed by atoms with E-state index in [1.165, 1.54) is 22.2 Å². The molecule has 170 valence electrons. The Morgan fingerprint density at radius 3 is 2.58 bits per heavy atom. The van der Waals surface area contributed by atoms with Crippen LogP contribution in [0.3, 0.4) is 0 Å². The van der Waals surface area contributed by atoms with Crippen LogP contribution in [0.2, 0.25) is 0 Å². The summed E-state index contributed by atoms with van der Waals surface area (Å²) in [6, 6.07) is 10.6. The maximum atomic E-state index is 13.5. The Morgan fingerprint density at radius 1 is 1.09 bits per heavy atom. The van der Waals surface area contributed by atoms with E-state index in [1.807, 2.05) is 49.6 Å². The lowest BCUT2D eigenvalue weighted by Gasteiger charge is -2.16. The summed E-state index contributed by atoms with van der Waals surface area (Å²) in [4.78, 5) is 31.5. The lowest BCUT2D eigenvalue weighted by Crippen LogP contribution is -2.31. The zero-order valence-electron chi connectivity index (χ0n) is 19.1. The second-order valence-electron chi connectivity index (χ2n) is 7.84. The highest BCUT2D eigenvalue weighted by atomic mass is 32.1. The summed E-state index contributed by atoms with van der Waals surface area (Å²) < 4.78 is 12.1. The molecule has 0 aliphatic heterocycles. The van der Waals surface area contributed by atoms with Crippen molar-refractivity contribution in [2.45, 2.75) is 26.8 Å². The number of aromatic nitrogens is 2. The lowest BCUT2D eigenvalue weighted by molar-refractivity contribution is -0.118. The molecule has 7 nitrogen and oxygen atoms in total. The second kappa shape index (κ2) is 9.07. The third kappa shape index (κ3) is 4.21. The number of aryl methyl sites for hydroxylation is 2. The van der Waals surface area contributed by atoms with Crippen LogP contribution in [0.1, 0.15) is 24.1 Å². The molecule has 0 spiro atoms. The molecule has 33 heavy (non-hydrogen) atoms. The zero-order valence-corrected chi connectivity index (χ0v) is 19.9. The molecule has 1 atom stereocenters. The fraction of sp³-hybridized carbons (Fsp3) is 0.240. The molecule has 0 aliphatic carbocycles. The van der Waals surface area contributed by atoms with Crippen LogP contribution in [0, 0.1) is 13.8 Å². The molecule has 0 bridgehead atoms. The lowest BCUT2D eigenvalue weighted by atomic mass is 10.1. The number of carbonyl (C=O) groups is 1. The highest BCUT2D eigenvalue weighted by molar-refractivity contribution is 7.17. The van der Waals surface area contributed by atoms with Gasteiger partial charge in [0.15, 0.2) is 11.5 Å². The summed E-state index contributed by atoms with van der Waals surface area (Å²) in [5.41, 5.74) is 4.01. The van der Waals surface area contributed by atoms with E-state index >= 15 is 0 Å². The van der Waals surface area contributed by atoms with Gasteiger partial charge in [-0.2, -0.15) is 0 Å². The molecule has 1 amide bonds. The maximum absolute atomic E-state index is 13.5. The van der Waals surface area contributed by atoms with Crippen LogP contribution in [0.5, 0.6) is 11.5 Å². The third-order valence-electron chi connectivity index (χ3n) is 5.66. The van der Waals surface area contributed by atoms with Gasteiger partial charge >= 0.3 is 0 Å². The largest absolute Gasteiger partial charge is 0.493 e. The normalized spacial score (nSPS) is 11.9. The Hall–Kier alpha value is -3.65. The van der Waals surface area contributed by atoms with Crippen LogP contribution < -0.4 is 20.3 Å². The van der Waals surface area contributed by atoms with Crippen molar-refractivity contribution in [1.82, 2.24) is 9.55 Å². The molecule has 4 rings (SSSR count). The number of methoxy groups -OCH3 is 2. The highest BCUT2D eigenvalue weighted by Gasteiger charge is 2.21. The predicted octanol–water partition coefficient (Wildman–Crippen LogP) is 4.96. The monoisotopic (exact) mass is 463 g/mol. The second-order valence-corrected chi connectivity index (χ2v) is 8.70. The molecule has 2 heterocycles. The average molecular weight is 464 g/mol. The number of fused-ring (bicyclic) bond motifs is 1. The summed E-state index contributed by atoms with van der Waals surface area (Å²) in [6.45, 7) is 5.59. The van der Waals surface area contributed by atoms with Crippen molar-refractivity contribution in [2.24, 2.45) is 0 Å². The molecule has 0 saturated carbocycles. The van der Waals surface area contributed by atoms with E-state index in [0.717, 1.165) is 27.9 Å². The SMILES string of the molecule is COc1ccc(-c2csc3ncn(C(C)C(=O)Nc4cc(C)ccc4C)c(=O)c23)cc1OC. The first-order valence-corrected chi connectivity index (χ1v) is 11.3. The molecule has 0 aliphatic rings. The smallest absolute Gasteiger partial charge is 0.263 e. The third-order valence-corrected chi connectivity index (χ3v) is 6.55. The average Bonchev–Trinajstić information content (AvgIpc) is 3.26. The molecule has 0 saturated heterocycles. The zero-order chi connectivity index (χ0) is 23.7. The summed E-state index contributed by atoms with van der Waals surface area (Å²) in [6.07, 6.45) is 1.44. The predicted molar refractivity (Wildman–Crippen MR) is 132 cm³/mol. The van der Waals surface area contributed by atoms with Crippen LogP contribution in [-0.2, 0) is 4.79 Å². The van der Waals surface area contributed by atoms with Crippen molar-refractivity contribution < 1.29 is 14.3 Å². The minimum atomic E-state index is -0.743. The van der Waals surface area contributed by atoms with Crippen molar-refractivity contribution in [2.75, 3.05) is 19.5 Å². The molecule has 1 N–H and O–H groups in total. The van der Waals surface area contributed by atoms with Gasteiger partial charge in [0, 0.05) is 16.6 Å². The Balaban J connectivity index is 1.73. The van der Waals surface area contributed by atoms with E-state index in [4.69, 9.17) is 9.47 Å². The van der Waals surface area contributed by atoms with Crippen molar-refractivity contribution in [3.05, 3.63) is 69.6 Å². The Labute approximate surface area is 195 Å². The summed E-state index contributed by atoms with van der Waals surface area (Å²) in [5.74, 6) is 0.891. The molecule has 8 heteroatoms. The van der Waals surface area contributed by atoms with Gasteiger partial charge in [-0.1, -0.05) is 18.2 Å². The van der Waals surface area contributed by atoms with E-state index in [1.54, 1.807) is 27.2 Å². The number of thiophene rings is 1. The molecular weight excluding hydrogens is 438 g/mol. The first-order chi connectivity index (χ1) is 15.8. The standard InChI is InChI=1S/C25H25N3O4S/c1-14-6-7-15(2)19(10-14)27-23(29)16(3)28-13-26-24-22(25(28)30)18(12-33-24)17-8-9-20(31-4)21(11-17)32-5/h6-13,16H,1-5H3,(H,27,29). The molecular formula is C25H25N3O4S. The van der Waals surface area contributed by atoms with Crippen molar-refractivity contribution in [1.29, 1.82) is 0 Å². The number of benzene rings is 2. The fourth-order valence-corrected chi connectivity index (χ4v) is 4.58. The number of rotatable bonds is 6. The molecule has 4 aromatic rings. The minimum Gasteiger partial charge on any atom is -0.493 e. The molecule has 2 aromatic carbocycles. The van der Waals surface area contributed by atoms with E-state index in [9.17, 15) is 9.59 Å². The van der Waals surface area contributed by atoms with Gasteiger partial charge in [0.1, 0.15) is 10.9 Å². The number of amides is 1. The Bertz CT molecular complexity index is 1410. The van der Waals surface area contributed by atoms with E-state index in [0.29, 0.717) is 21.7 Å². The van der Waals surface area contributed by atoms with E-state index in [2.05, 4.69) is 10.3 Å². The summed E-state index contributed by atoms with van der Waals surface area (Å²) in [5, 5.41) is 5.31. The highest BCUT2D eigenvalue weighted by Crippen LogP contribution is 2.36. The number of nitrogens with zero attached hydrogens (tertiary/aromatic N) is 2. The van der Waals surface area contributed by atoms with Crippen LogP contribution in [0.15, 0.2) is 52.9 Å². The number of carbonyl (C=O) groups excluding carboxylic acids is 1. The number of anilines is 1. The first-order valence-electron chi connectivity index (χ1n) is 10.4. The number of nitrogens with one attached hydrogen (secondary N) is 1. The van der Waals surface area contributed by atoms with Gasteiger partial charge in [-0.05, 0) is 55.7 Å². The van der Waals surface area contributed by atoms with Crippen LogP contribution >= 0.6 is 11.3 Å². The van der Waals surface area contributed by atoms with E-state index in [-0.39, 0.29) is 11.5 Å². The number of hydrogen-bond donors (Lipinski definition) is 1. The quantitative estimate of drug-likeness (QED) is 0.437. The van der Waals surface area contributed by atoms with Gasteiger partial charge in [-0.3, -0.25) is 14.2 Å². The summed E-state index contributed by atoms with van der Waals surface area (Å²) >= 11 is 1.38.